The summed E-state index contributed by atoms with van der Waals surface area (Å²) in [6.45, 7) is 18.7. The average molecular weight is 770 g/mol. The Morgan fingerprint density at radius 3 is 1.60 bits per heavy atom. The van der Waals surface area contributed by atoms with E-state index >= 15 is 0 Å². The van der Waals surface area contributed by atoms with Gasteiger partial charge in [-0.15, -0.1) is 0 Å². The van der Waals surface area contributed by atoms with Gasteiger partial charge in [-0.3, -0.25) is 0 Å². The first-order valence-electron chi connectivity index (χ1n) is 20.8. The standard InChI is InChI=1S/C53H59N3O2/c1-33(2)53(57)58-49-18-14-13-17-48(49)54-47-28-27-46(44-15-11-12-16-45(44)47)50(40-19-23-42(24-20-40)55(9)51-36(5)29-34(3)30-37(51)6)41-21-25-43(26-22-41)56(10)52-38(7)31-35(4)32-39(52)8/h11-12,15-16,19-32,48-50,54H,1,13-14,17-18H2,2-10H3. The lowest BCUT2D eigenvalue weighted by atomic mass is 9.82. The number of nitrogens with one attached hydrogen (secondary N) is 1. The number of ether oxygens (including phenoxy) is 1. The highest BCUT2D eigenvalue weighted by Gasteiger charge is 2.30. The summed E-state index contributed by atoms with van der Waals surface area (Å²) in [4.78, 5) is 17.2. The van der Waals surface area contributed by atoms with Crippen molar-refractivity contribution in [2.75, 3.05) is 29.2 Å². The summed E-state index contributed by atoms with van der Waals surface area (Å²) in [5.41, 5.74) is 17.7. The quantitative estimate of drug-likeness (QED) is 0.0808. The minimum atomic E-state index is -0.315. The van der Waals surface area contributed by atoms with E-state index in [1.54, 1.807) is 6.92 Å². The van der Waals surface area contributed by atoms with Gasteiger partial charge >= 0.3 is 5.97 Å². The molecule has 0 aliphatic heterocycles. The van der Waals surface area contributed by atoms with E-state index in [2.05, 4.69) is 187 Å². The molecule has 1 aliphatic rings. The van der Waals surface area contributed by atoms with Crippen molar-refractivity contribution >= 4 is 45.2 Å². The molecule has 1 saturated carbocycles. The molecule has 2 atom stereocenters. The van der Waals surface area contributed by atoms with Crippen LogP contribution < -0.4 is 15.1 Å². The minimum absolute atomic E-state index is 0.0256. The SMILES string of the molecule is C=C(C)C(=O)OC1CCCCC1Nc1ccc(C(c2ccc(N(C)c3c(C)cc(C)cc3C)cc2)c2ccc(N(C)c3c(C)cc(C)cc3C)cc2)c2ccccc12. The minimum Gasteiger partial charge on any atom is -0.457 e. The molecule has 2 unspecified atom stereocenters. The highest BCUT2D eigenvalue weighted by Crippen LogP contribution is 2.42. The van der Waals surface area contributed by atoms with Crippen LogP contribution in [0.2, 0.25) is 0 Å². The second kappa shape index (κ2) is 17.0. The summed E-state index contributed by atoms with van der Waals surface area (Å²) >= 11 is 0. The van der Waals surface area contributed by atoms with Gasteiger partial charge in [-0.1, -0.05) is 103 Å². The molecular weight excluding hydrogens is 711 g/mol. The molecule has 0 spiro atoms. The summed E-state index contributed by atoms with van der Waals surface area (Å²) in [5, 5.41) is 6.20. The Balaban J connectivity index is 1.29. The van der Waals surface area contributed by atoms with Gasteiger partial charge in [-0.05, 0) is 142 Å². The van der Waals surface area contributed by atoms with Gasteiger partial charge in [0.1, 0.15) is 6.10 Å². The number of fused-ring (bicyclic) bond motifs is 1. The van der Waals surface area contributed by atoms with Gasteiger partial charge in [0.2, 0.25) is 0 Å². The largest absolute Gasteiger partial charge is 0.457 e. The second-order valence-corrected chi connectivity index (χ2v) is 16.7. The molecule has 5 heteroatoms. The zero-order chi connectivity index (χ0) is 41.2. The van der Waals surface area contributed by atoms with Crippen LogP contribution in [0.25, 0.3) is 10.8 Å². The van der Waals surface area contributed by atoms with E-state index in [4.69, 9.17) is 4.74 Å². The van der Waals surface area contributed by atoms with E-state index in [1.165, 1.54) is 66.8 Å². The first-order valence-corrected chi connectivity index (χ1v) is 20.8. The Hall–Kier alpha value is -5.81. The molecule has 0 amide bonds. The molecule has 1 fully saturated rings. The van der Waals surface area contributed by atoms with Gasteiger partial charge in [0.15, 0.2) is 0 Å². The molecule has 7 rings (SSSR count). The lowest BCUT2D eigenvalue weighted by Gasteiger charge is -2.33. The molecule has 298 valence electrons. The van der Waals surface area contributed by atoms with Crippen LogP contribution in [0.15, 0.2) is 121 Å². The average Bonchev–Trinajstić information content (AvgIpc) is 3.19. The zero-order valence-corrected chi connectivity index (χ0v) is 35.9. The maximum atomic E-state index is 12.6. The number of rotatable bonds is 11. The number of carbonyl (C=O) groups is 1. The van der Waals surface area contributed by atoms with Gasteiger partial charge < -0.3 is 19.9 Å². The van der Waals surface area contributed by atoms with Crippen LogP contribution >= 0.6 is 0 Å². The van der Waals surface area contributed by atoms with Gasteiger partial charge in [0, 0.05) is 59.4 Å². The normalized spacial score (nSPS) is 15.3. The van der Waals surface area contributed by atoms with Crippen LogP contribution in [-0.2, 0) is 9.53 Å². The van der Waals surface area contributed by atoms with E-state index in [0.717, 1.165) is 48.1 Å². The number of nitrogens with zero attached hydrogens (tertiary/aromatic N) is 2. The van der Waals surface area contributed by atoms with E-state index in [-0.39, 0.29) is 24.0 Å². The van der Waals surface area contributed by atoms with Gasteiger partial charge in [-0.25, -0.2) is 4.79 Å². The molecule has 0 saturated heterocycles. The fourth-order valence-electron chi connectivity index (χ4n) is 9.53. The Bertz CT molecular complexity index is 2310. The Kier molecular flexibility index (Phi) is 11.8. The van der Waals surface area contributed by atoms with Crippen molar-refractivity contribution in [1.29, 1.82) is 0 Å². The van der Waals surface area contributed by atoms with E-state index in [9.17, 15) is 4.79 Å². The van der Waals surface area contributed by atoms with Crippen LogP contribution in [0.5, 0.6) is 0 Å². The molecule has 5 nitrogen and oxygen atoms in total. The van der Waals surface area contributed by atoms with Crippen LogP contribution in [0.1, 0.15) is 88.6 Å². The number of hydrogen-bond acceptors (Lipinski definition) is 5. The van der Waals surface area contributed by atoms with Crippen LogP contribution in [0, 0.1) is 41.5 Å². The number of anilines is 5. The second-order valence-electron chi connectivity index (χ2n) is 16.7. The van der Waals surface area contributed by atoms with E-state index in [1.807, 2.05) is 0 Å². The predicted molar refractivity (Wildman–Crippen MR) is 246 cm³/mol. The molecule has 6 aromatic carbocycles. The Morgan fingerprint density at radius 1 is 0.655 bits per heavy atom. The first-order chi connectivity index (χ1) is 27.8. The Morgan fingerprint density at radius 2 is 1.12 bits per heavy atom. The zero-order valence-electron chi connectivity index (χ0n) is 35.9. The summed E-state index contributed by atoms with van der Waals surface area (Å²) in [6, 6.07) is 40.6. The monoisotopic (exact) mass is 769 g/mol. The molecule has 0 bridgehead atoms. The summed E-state index contributed by atoms with van der Waals surface area (Å²) in [7, 11) is 4.33. The fourth-order valence-corrected chi connectivity index (χ4v) is 9.53. The van der Waals surface area contributed by atoms with Gasteiger partial charge in [0.05, 0.1) is 6.04 Å². The van der Waals surface area contributed by atoms with Gasteiger partial charge in [0.25, 0.3) is 0 Å². The van der Waals surface area contributed by atoms with Crippen molar-refractivity contribution in [3.63, 3.8) is 0 Å². The number of aryl methyl sites for hydroxylation is 6. The molecule has 0 aromatic heterocycles. The third-order valence-corrected chi connectivity index (χ3v) is 12.1. The number of carbonyl (C=O) groups excluding carboxylic acids is 1. The lowest BCUT2D eigenvalue weighted by molar-refractivity contribution is -0.146. The predicted octanol–water partition coefficient (Wildman–Crippen LogP) is 13.2. The highest BCUT2D eigenvalue weighted by molar-refractivity contribution is 5.97. The fraction of sp³-hybridized carbons (Fsp3) is 0.302. The number of hydrogen-bond donors (Lipinski definition) is 1. The molecule has 1 aliphatic carbocycles. The summed E-state index contributed by atoms with van der Waals surface area (Å²) in [6.07, 6.45) is 3.73. The maximum Gasteiger partial charge on any atom is 0.333 e. The maximum absolute atomic E-state index is 12.6. The smallest absolute Gasteiger partial charge is 0.333 e. The Labute approximate surface area is 346 Å². The van der Waals surface area contributed by atoms with E-state index in [0.29, 0.717) is 5.57 Å². The van der Waals surface area contributed by atoms with Crippen LogP contribution in [0.3, 0.4) is 0 Å². The lowest BCUT2D eigenvalue weighted by Crippen LogP contribution is -2.40. The van der Waals surface area contributed by atoms with Crippen LogP contribution in [0.4, 0.5) is 28.4 Å². The molecule has 6 aromatic rings. The van der Waals surface area contributed by atoms with Crippen molar-refractivity contribution in [2.45, 2.75) is 92.2 Å². The summed E-state index contributed by atoms with van der Waals surface area (Å²) in [5.74, 6) is -0.341. The third-order valence-electron chi connectivity index (χ3n) is 12.1. The summed E-state index contributed by atoms with van der Waals surface area (Å²) < 4.78 is 5.96. The van der Waals surface area contributed by atoms with Crippen molar-refractivity contribution < 1.29 is 9.53 Å². The number of benzene rings is 6. The number of esters is 1. The topological polar surface area (TPSA) is 44.8 Å². The highest BCUT2D eigenvalue weighted by atomic mass is 16.5. The van der Waals surface area contributed by atoms with Crippen LogP contribution in [-0.4, -0.2) is 32.2 Å². The third kappa shape index (κ3) is 8.27. The molecule has 58 heavy (non-hydrogen) atoms. The van der Waals surface area contributed by atoms with Crippen molar-refractivity contribution in [3.05, 3.63) is 171 Å². The van der Waals surface area contributed by atoms with Crippen molar-refractivity contribution in [1.82, 2.24) is 0 Å². The van der Waals surface area contributed by atoms with Crippen molar-refractivity contribution in [2.24, 2.45) is 0 Å². The first kappa shape index (κ1) is 40.4. The van der Waals surface area contributed by atoms with Gasteiger partial charge in [-0.2, -0.15) is 0 Å². The molecule has 1 N–H and O–H groups in total. The van der Waals surface area contributed by atoms with E-state index < -0.39 is 0 Å². The van der Waals surface area contributed by atoms with Crippen molar-refractivity contribution in [3.8, 4) is 0 Å². The molecule has 0 radical (unpaired) electrons. The molecular formula is C53H59N3O2. The molecule has 0 heterocycles.